The van der Waals surface area contributed by atoms with E-state index in [2.05, 4.69) is 24.9 Å². The summed E-state index contributed by atoms with van der Waals surface area (Å²) in [6.45, 7) is 3.62. The molecular weight excluding hydrogens is 573 g/mol. The van der Waals surface area contributed by atoms with Crippen LogP contribution in [-0.2, 0) is 20.7 Å². The number of esters is 1. The van der Waals surface area contributed by atoms with Crippen LogP contribution < -0.4 is 4.90 Å². The number of Topliss-reactive ketones (excluding diaryl/α,β-unsaturated/α-hetero) is 1. The Bertz CT molecular complexity index is 1540. The van der Waals surface area contributed by atoms with Gasteiger partial charge in [0.05, 0.1) is 32.1 Å². The highest BCUT2D eigenvalue weighted by atomic mass is 35.5. The van der Waals surface area contributed by atoms with Gasteiger partial charge in [0.2, 0.25) is 11.8 Å². The number of thioether (sulfide) groups is 1. The normalized spacial score (nSPS) is 14.9. The molecule has 1 saturated heterocycles. The molecule has 4 rings (SSSR count). The van der Waals surface area contributed by atoms with Crippen molar-refractivity contribution in [3.8, 4) is 6.07 Å². The lowest BCUT2D eigenvalue weighted by molar-refractivity contribution is -0.121. The van der Waals surface area contributed by atoms with Crippen molar-refractivity contribution in [2.24, 2.45) is 5.92 Å². The number of carbonyl (C=O) groups excluding carboxylic acids is 4. The lowest BCUT2D eigenvalue weighted by atomic mass is 10.1. The monoisotopic (exact) mass is 595 g/mol. The number of ether oxygens (including phenoxy) is 1. The summed E-state index contributed by atoms with van der Waals surface area (Å²) in [5, 5.41) is 9.69. The summed E-state index contributed by atoms with van der Waals surface area (Å²) in [6, 6.07) is 15.7. The fourth-order valence-corrected chi connectivity index (χ4v) is 5.41. The number of rotatable bonds is 9. The van der Waals surface area contributed by atoms with E-state index in [0.717, 1.165) is 28.8 Å². The number of nitrogens with zero attached hydrogens (tertiary/aromatic N) is 3. The number of aromatic nitrogens is 1. The zero-order chi connectivity index (χ0) is 29.0. The molecule has 11 heteroatoms. The number of amides is 2. The fourth-order valence-electron chi connectivity index (χ4n) is 4.00. The Morgan fingerprint density at radius 2 is 1.77 bits per heavy atom. The SMILES string of the molecule is CC(C)Cc1ccc(C#N)c(SC2CC(=O)N(c3ccc(C(=O)OCC(=O)c4ccc(Cl)c(Cl)c4)cc3)C2=O)n1. The van der Waals surface area contributed by atoms with Gasteiger partial charge in [0, 0.05) is 17.7 Å². The summed E-state index contributed by atoms with van der Waals surface area (Å²) in [5.74, 6) is -1.67. The van der Waals surface area contributed by atoms with E-state index in [4.69, 9.17) is 27.9 Å². The van der Waals surface area contributed by atoms with Crippen molar-refractivity contribution < 1.29 is 23.9 Å². The number of imide groups is 1. The van der Waals surface area contributed by atoms with E-state index < -0.39 is 35.4 Å². The van der Waals surface area contributed by atoms with Crippen LogP contribution >= 0.6 is 35.0 Å². The number of carbonyl (C=O) groups is 4. The minimum absolute atomic E-state index is 0.0505. The molecule has 0 N–H and O–H groups in total. The number of benzene rings is 2. The summed E-state index contributed by atoms with van der Waals surface area (Å²) in [4.78, 5) is 56.4. The molecular formula is C29H23Cl2N3O5S. The van der Waals surface area contributed by atoms with Crippen molar-refractivity contribution in [2.75, 3.05) is 11.5 Å². The predicted molar refractivity (Wildman–Crippen MR) is 152 cm³/mol. The molecule has 0 aliphatic carbocycles. The predicted octanol–water partition coefficient (Wildman–Crippen LogP) is 5.92. The first-order valence-electron chi connectivity index (χ1n) is 12.3. The van der Waals surface area contributed by atoms with Crippen molar-refractivity contribution in [3.05, 3.63) is 87.0 Å². The number of anilines is 1. The largest absolute Gasteiger partial charge is 0.454 e. The molecule has 2 aromatic carbocycles. The van der Waals surface area contributed by atoms with Crippen LogP contribution in [0.1, 0.15) is 52.2 Å². The van der Waals surface area contributed by atoms with Gasteiger partial charge in [-0.3, -0.25) is 14.4 Å². The maximum absolute atomic E-state index is 13.2. The highest BCUT2D eigenvalue weighted by molar-refractivity contribution is 8.00. The zero-order valence-corrected chi connectivity index (χ0v) is 23.8. The number of hydrogen-bond acceptors (Lipinski definition) is 8. The van der Waals surface area contributed by atoms with E-state index in [0.29, 0.717) is 27.2 Å². The number of nitriles is 1. The van der Waals surface area contributed by atoms with Crippen LogP contribution in [0.25, 0.3) is 0 Å². The van der Waals surface area contributed by atoms with Crippen molar-refractivity contribution in [2.45, 2.75) is 37.0 Å². The molecule has 3 aromatic rings. The number of hydrogen-bond donors (Lipinski definition) is 0. The van der Waals surface area contributed by atoms with Gasteiger partial charge in [0.25, 0.3) is 0 Å². The average molecular weight is 596 g/mol. The van der Waals surface area contributed by atoms with Gasteiger partial charge in [-0.15, -0.1) is 0 Å². The molecule has 1 aliphatic heterocycles. The first-order chi connectivity index (χ1) is 19.1. The van der Waals surface area contributed by atoms with Gasteiger partial charge in [-0.05, 0) is 66.9 Å². The summed E-state index contributed by atoms with van der Waals surface area (Å²) in [7, 11) is 0. The van der Waals surface area contributed by atoms with E-state index in [1.54, 1.807) is 12.1 Å². The van der Waals surface area contributed by atoms with Crippen molar-refractivity contribution in [3.63, 3.8) is 0 Å². The lowest BCUT2D eigenvalue weighted by Gasteiger charge is -2.15. The molecule has 1 fully saturated rings. The van der Waals surface area contributed by atoms with Gasteiger partial charge in [-0.25, -0.2) is 14.7 Å². The third-order valence-electron chi connectivity index (χ3n) is 5.95. The molecule has 0 saturated carbocycles. The van der Waals surface area contributed by atoms with Crippen LogP contribution in [0.5, 0.6) is 0 Å². The van der Waals surface area contributed by atoms with Gasteiger partial charge < -0.3 is 4.74 Å². The first kappa shape index (κ1) is 29.3. The molecule has 1 unspecified atom stereocenters. The standard InChI is InChI=1S/C29H23Cl2N3O5S/c1-16(2)11-20-7-3-19(14-32)27(33-20)40-25-13-26(36)34(28(25)37)21-8-4-17(5-9-21)29(38)39-15-24(35)18-6-10-22(30)23(31)12-18/h3-10,12,16,25H,11,13,15H2,1-2H3. The Balaban J connectivity index is 1.41. The Labute approximate surface area is 245 Å². The van der Waals surface area contributed by atoms with E-state index in [1.165, 1.54) is 42.5 Å². The molecule has 0 radical (unpaired) electrons. The van der Waals surface area contributed by atoms with Crippen molar-refractivity contribution in [1.29, 1.82) is 5.26 Å². The quantitative estimate of drug-likeness (QED) is 0.170. The molecule has 0 bridgehead atoms. The Morgan fingerprint density at radius 3 is 2.42 bits per heavy atom. The van der Waals surface area contributed by atoms with Crippen LogP contribution in [0.3, 0.4) is 0 Å². The minimum atomic E-state index is -0.746. The van der Waals surface area contributed by atoms with Crippen LogP contribution in [0, 0.1) is 17.2 Å². The van der Waals surface area contributed by atoms with Gasteiger partial charge in [-0.1, -0.05) is 48.8 Å². The molecule has 1 atom stereocenters. The summed E-state index contributed by atoms with van der Waals surface area (Å²) >= 11 is 12.9. The Morgan fingerprint density at radius 1 is 1.07 bits per heavy atom. The van der Waals surface area contributed by atoms with Crippen molar-refractivity contribution >= 4 is 64.2 Å². The second-order valence-electron chi connectivity index (χ2n) is 9.42. The van der Waals surface area contributed by atoms with E-state index in [9.17, 15) is 24.4 Å². The lowest BCUT2D eigenvalue weighted by Crippen LogP contribution is -2.31. The zero-order valence-electron chi connectivity index (χ0n) is 21.5. The van der Waals surface area contributed by atoms with E-state index in [-0.39, 0.29) is 22.6 Å². The molecule has 40 heavy (non-hydrogen) atoms. The summed E-state index contributed by atoms with van der Waals surface area (Å²) in [5.41, 5.74) is 1.84. The molecule has 2 heterocycles. The van der Waals surface area contributed by atoms with Gasteiger partial charge in [-0.2, -0.15) is 5.26 Å². The molecule has 8 nitrogen and oxygen atoms in total. The van der Waals surface area contributed by atoms with Gasteiger partial charge in [0.1, 0.15) is 11.1 Å². The van der Waals surface area contributed by atoms with E-state index in [1.807, 2.05) is 0 Å². The van der Waals surface area contributed by atoms with Crippen molar-refractivity contribution in [1.82, 2.24) is 4.98 Å². The van der Waals surface area contributed by atoms with E-state index >= 15 is 0 Å². The van der Waals surface area contributed by atoms with Crippen LogP contribution in [0.15, 0.2) is 59.6 Å². The average Bonchev–Trinajstić information content (AvgIpc) is 3.20. The Kier molecular flexibility index (Phi) is 9.25. The second kappa shape index (κ2) is 12.6. The molecule has 1 aliphatic rings. The second-order valence-corrected chi connectivity index (χ2v) is 11.4. The molecule has 1 aromatic heterocycles. The summed E-state index contributed by atoms with van der Waals surface area (Å²) in [6.07, 6.45) is 0.673. The van der Waals surface area contributed by atoms with Gasteiger partial charge in [0.15, 0.2) is 12.4 Å². The molecule has 0 spiro atoms. The first-order valence-corrected chi connectivity index (χ1v) is 13.9. The Hall–Kier alpha value is -3.71. The number of ketones is 1. The third kappa shape index (κ3) is 6.70. The van der Waals surface area contributed by atoms with Crippen LogP contribution in [-0.4, -0.2) is 40.4 Å². The molecule has 2 amide bonds. The third-order valence-corrected chi connectivity index (χ3v) is 7.88. The smallest absolute Gasteiger partial charge is 0.338 e. The highest BCUT2D eigenvalue weighted by Gasteiger charge is 2.40. The maximum Gasteiger partial charge on any atom is 0.338 e. The molecule has 204 valence electrons. The fraction of sp³-hybridized carbons (Fsp3) is 0.241. The number of pyridine rings is 1. The number of halogens is 2. The minimum Gasteiger partial charge on any atom is -0.454 e. The van der Waals surface area contributed by atoms with Gasteiger partial charge >= 0.3 is 5.97 Å². The summed E-state index contributed by atoms with van der Waals surface area (Å²) < 4.78 is 5.11. The highest BCUT2D eigenvalue weighted by Crippen LogP contribution is 2.35. The van der Waals surface area contributed by atoms with Crippen LogP contribution in [0.4, 0.5) is 5.69 Å². The van der Waals surface area contributed by atoms with Crippen LogP contribution in [0.2, 0.25) is 10.0 Å². The maximum atomic E-state index is 13.2. The topological polar surface area (TPSA) is 117 Å².